The summed E-state index contributed by atoms with van der Waals surface area (Å²) in [6, 6.07) is 8.23. The molecule has 1 saturated heterocycles. The summed E-state index contributed by atoms with van der Waals surface area (Å²) in [4.78, 5) is 28.4. The van der Waals surface area contributed by atoms with E-state index in [0.29, 0.717) is 44.9 Å². The Morgan fingerprint density at radius 2 is 2.05 bits per heavy atom. The highest BCUT2D eigenvalue weighted by Gasteiger charge is 2.46. The maximum atomic E-state index is 14.8. The number of anilines is 2. The molecule has 1 saturated carbocycles. The number of hydrogen-bond donors (Lipinski definition) is 4. The third-order valence-electron chi connectivity index (χ3n) is 7.83. The smallest absolute Gasteiger partial charge is 0.404 e. The summed E-state index contributed by atoms with van der Waals surface area (Å²) in [7, 11) is 0. The fourth-order valence-corrected chi connectivity index (χ4v) is 6.48. The van der Waals surface area contributed by atoms with Crippen LogP contribution in [0.4, 0.5) is 24.4 Å². The molecule has 1 aliphatic heterocycles. The predicted octanol–water partition coefficient (Wildman–Crippen LogP) is 3.59. The quantitative estimate of drug-likeness (QED) is 0.227. The normalized spacial score (nSPS) is 20.9. The number of hydrogen-bond acceptors (Lipinski definition) is 10. The molecule has 1 unspecified atom stereocenters. The van der Waals surface area contributed by atoms with Gasteiger partial charge in [0.25, 0.3) is 5.92 Å². The molecule has 2 aliphatic rings. The van der Waals surface area contributed by atoms with Crippen molar-refractivity contribution in [1.29, 1.82) is 5.26 Å². The number of amides is 2. The van der Waals surface area contributed by atoms with E-state index in [1.165, 1.54) is 29.4 Å². The Morgan fingerprint density at radius 1 is 1.23 bits per heavy atom. The van der Waals surface area contributed by atoms with E-state index in [4.69, 9.17) is 5.11 Å². The van der Waals surface area contributed by atoms with Crippen molar-refractivity contribution in [3.05, 3.63) is 42.2 Å². The zero-order valence-electron chi connectivity index (χ0n) is 23.5. The van der Waals surface area contributed by atoms with E-state index in [1.807, 2.05) is 18.2 Å². The van der Waals surface area contributed by atoms with Crippen LogP contribution in [0.1, 0.15) is 31.7 Å². The molecule has 228 valence electrons. The molecule has 2 fully saturated rings. The van der Waals surface area contributed by atoms with E-state index < -0.39 is 30.5 Å². The van der Waals surface area contributed by atoms with Crippen LogP contribution >= 0.6 is 11.3 Å². The lowest BCUT2D eigenvalue weighted by atomic mass is 9.80. The van der Waals surface area contributed by atoms with E-state index in [2.05, 4.69) is 42.3 Å². The van der Waals surface area contributed by atoms with Gasteiger partial charge >= 0.3 is 6.09 Å². The van der Waals surface area contributed by atoms with Gasteiger partial charge in [-0.25, -0.2) is 18.1 Å². The summed E-state index contributed by atoms with van der Waals surface area (Å²) in [5.41, 5.74) is 3.85. The van der Waals surface area contributed by atoms with Crippen molar-refractivity contribution >= 4 is 39.7 Å². The van der Waals surface area contributed by atoms with Crippen LogP contribution in [0.2, 0.25) is 0 Å². The Balaban J connectivity index is 1.27. The SMILES string of the molecule is CC(=O)NC1CCN(c2nnc(-c3cnc(-c4ccc5cc(C#N)cnn45)cc3N[C@H]3C[C@H](CNC(=O)O)C3)s2)CC1(F)F. The number of halogens is 2. The number of fused-ring (bicyclic) bond motifs is 1. The highest BCUT2D eigenvalue weighted by atomic mass is 32.1. The second-order valence-electron chi connectivity index (χ2n) is 11.0. The lowest BCUT2D eigenvalue weighted by Crippen LogP contribution is -2.58. The molecular weight excluding hydrogens is 594 g/mol. The summed E-state index contributed by atoms with van der Waals surface area (Å²) in [6.07, 6.45) is 3.66. The highest BCUT2D eigenvalue weighted by molar-refractivity contribution is 7.18. The molecule has 13 nitrogen and oxygen atoms in total. The number of nitrogens with one attached hydrogen (secondary N) is 3. The van der Waals surface area contributed by atoms with Gasteiger partial charge in [-0.15, -0.1) is 10.2 Å². The molecule has 0 spiro atoms. The minimum absolute atomic E-state index is 0.0687. The molecule has 5 heterocycles. The first-order valence-corrected chi connectivity index (χ1v) is 14.8. The molecule has 4 aromatic rings. The van der Waals surface area contributed by atoms with Crippen molar-refractivity contribution in [3.63, 3.8) is 0 Å². The molecule has 0 radical (unpaired) electrons. The number of carbonyl (C=O) groups is 2. The minimum atomic E-state index is -3.13. The number of pyridine rings is 1. The Morgan fingerprint density at radius 3 is 2.77 bits per heavy atom. The van der Waals surface area contributed by atoms with E-state index in [-0.39, 0.29) is 24.9 Å². The van der Waals surface area contributed by atoms with Crippen LogP contribution in [0.25, 0.3) is 27.5 Å². The molecule has 1 aliphatic carbocycles. The molecule has 4 N–H and O–H groups in total. The topological polar surface area (TPSA) is 173 Å². The number of nitrogens with zero attached hydrogens (tertiary/aromatic N) is 7. The van der Waals surface area contributed by atoms with Gasteiger partial charge in [-0.1, -0.05) is 11.3 Å². The monoisotopic (exact) mass is 622 g/mol. The number of carbonyl (C=O) groups excluding carboxylic acids is 1. The summed E-state index contributed by atoms with van der Waals surface area (Å²) in [5, 5.41) is 40.2. The average Bonchev–Trinajstić information content (AvgIpc) is 3.62. The molecule has 0 bridgehead atoms. The van der Waals surface area contributed by atoms with Gasteiger partial charge in [-0.2, -0.15) is 10.4 Å². The van der Waals surface area contributed by atoms with Crippen LogP contribution in [-0.4, -0.2) is 79.5 Å². The highest BCUT2D eigenvalue weighted by Crippen LogP contribution is 2.39. The van der Waals surface area contributed by atoms with Crippen molar-refractivity contribution in [3.8, 4) is 28.0 Å². The van der Waals surface area contributed by atoms with Crippen LogP contribution in [-0.2, 0) is 4.79 Å². The molecule has 0 aromatic carbocycles. The number of piperidine rings is 1. The van der Waals surface area contributed by atoms with Crippen LogP contribution < -0.4 is 20.9 Å². The predicted molar refractivity (Wildman–Crippen MR) is 158 cm³/mol. The fraction of sp³-hybridized carbons (Fsp3) is 0.393. The third-order valence-corrected chi connectivity index (χ3v) is 8.84. The third kappa shape index (κ3) is 5.95. The summed E-state index contributed by atoms with van der Waals surface area (Å²) >= 11 is 1.18. The van der Waals surface area contributed by atoms with Crippen molar-refractivity contribution < 1.29 is 23.5 Å². The van der Waals surface area contributed by atoms with Crippen molar-refractivity contribution in [2.75, 3.05) is 29.9 Å². The first-order chi connectivity index (χ1) is 21.1. The zero-order valence-corrected chi connectivity index (χ0v) is 24.3. The first kappa shape index (κ1) is 29.2. The molecule has 44 heavy (non-hydrogen) atoms. The van der Waals surface area contributed by atoms with Crippen LogP contribution in [0.15, 0.2) is 36.7 Å². The number of aromatic nitrogens is 5. The Hall–Kier alpha value is -4.91. The Kier molecular flexibility index (Phi) is 7.72. The van der Waals surface area contributed by atoms with E-state index >= 15 is 0 Å². The van der Waals surface area contributed by atoms with Gasteiger partial charge in [0.1, 0.15) is 6.07 Å². The summed E-state index contributed by atoms with van der Waals surface area (Å²) in [6.45, 7) is 1.29. The number of rotatable bonds is 8. The molecule has 2 amide bonds. The lowest BCUT2D eigenvalue weighted by molar-refractivity contribution is -0.124. The van der Waals surface area contributed by atoms with Crippen molar-refractivity contribution in [2.24, 2.45) is 5.92 Å². The van der Waals surface area contributed by atoms with Gasteiger partial charge in [0.2, 0.25) is 11.0 Å². The second kappa shape index (κ2) is 11.6. The number of alkyl halides is 2. The molecule has 4 aromatic heterocycles. The zero-order chi connectivity index (χ0) is 31.0. The van der Waals surface area contributed by atoms with Gasteiger partial charge < -0.3 is 26.0 Å². The molecular formula is C28H28F2N10O3S. The maximum absolute atomic E-state index is 14.8. The standard InChI is InChI=1S/C28H28F2N10O3S/c1-15(41)35-24-4-5-39(14-28(24,29)30)26-38-37-25(44-26)20-13-32-22(23-3-2-19-8-17(10-31)12-34-40(19)23)9-21(20)36-18-6-16(7-18)11-33-27(42)43/h2-3,8-9,12-13,16,18,24,33H,4-7,11,14H2,1H3,(H,32,36)(H,35,41)(H,42,43)/t16-,18-,24?. The molecule has 6 rings (SSSR count). The summed E-state index contributed by atoms with van der Waals surface area (Å²) in [5.74, 6) is -3.43. The molecule has 16 heteroatoms. The Bertz CT molecular complexity index is 1760. The number of nitriles is 1. The Labute approximate surface area is 253 Å². The number of carboxylic acid groups (broad SMARTS) is 1. The largest absolute Gasteiger partial charge is 0.465 e. The lowest BCUT2D eigenvalue weighted by Gasteiger charge is -2.38. The van der Waals surface area contributed by atoms with E-state index in [0.717, 1.165) is 18.4 Å². The van der Waals surface area contributed by atoms with Gasteiger partial charge in [-0.05, 0) is 49.4 Å². The summed E-state index contributed by atoms with van der Waals surface area (Å²) < 4.78 is 31.4. The van der Waals surface area contributed by atoms with E-state index in [1.54, 1.807) is 16.8 Å². The average molecular weight is 623 g/mol. The minimum Gasteiger partial charge on any atom is -0.465 e. The van der Waals surface area contributed by atoms with E-state index in [9.17, 15) is 23.6 Å². The van der Waals surface area contributed by atoms with Gasteiger partial charge in [-0.3, -0.25) is 9.78 Å². The van der Waals surface area contributed by atoms with Crippen LogP contribution in [0, 0.1) is 17.2 Å². The van der Waals surface area contributed by atoms with Gasteiger partial charge in [0, 0.05) is 37.9 Å². The fourth-order valence-electron chi connectivity index (χ4n) is 5.59. The van der Waals surface area contributed by atoms with Crippen molar-refractivity contribution in [2.45, 2.75) is 44.2 Å². The molecule has 1 atom stereocenters. The van der Waals surface area contributed by atoms with Gasteiger partial charge in [0.15, 0.2) is 5.01 Å². The van der Waals surface area contributed by atoms with Crippen molar-refractivity contribution in [1.82, 2.24) is 35.4 Å². The van der Waals surface area contributed by atoms with Crippen LogP contribution in [0.5, 0.6) is 0 Å². The van der Waals surface area contributed by atoms with Gasteiger partial charge in [0.05, 0.1) is 46.8 Å². The maximum Gasteiger partial charge on any atom is 0.404 e. The first-order valence-electron chi connectivity index (χ1n) is 13.9. The van der Waals surface area contributed by atoms with Crippen LogP contribution in [0.3, 0.4) is 0 Å². The second-order valence-corrected chi connectivity index (χ2v) is 12.0.